The fourth-order valence-corrected chi connectivity index (χ4v) is 3.79. The summed E-state index contributed by atoms with van der Waals surface area (Å²) in [6, 6.07) is 0.780. The van der Waals surface area contributed by atoms with E-state index in [1.165, 1.54) is 58.3 Å². The Morgan fingerprint density at radius 3 is 2.56 bits per heavy atom. The van der Waals surface area contributed by atoms with Gasteiger partial charge in [-0.05, 0) is 69.5 Å². The first-order valence-electron chi connectivity index (χ1n) is 8.11. The zero-order valence-corrected chi connectivity index (χ0v) is 12.6. The molecule has 18 heavy (non-hydrogen) atoms. The summed E-state index contributed by atoms with van der Waals surface area (Å²) >= 11 is 0. The lowest BCUT2D eigenvalue weighted by molar-refractivity contribution is 0.212. The number of nitrogens with zero attached hydrogens (tertiary/aromatic N) is 1. The van der Waals surface area contributed by atoms with Gasteiger partial charge in [0.2, 0.25) is 0 Å². The minimum Gasteiger partial charge on any atom is -0.313 e. The topological polar surface area (TPSA) is 15.3 Å². The van der Waals surface area contributed by atoms with Crippen molar-refractivity contribution in [1.29, 1.82) is 0 Å². The Kier molecular flexibility index (Phi) is 5.50. The molecule has 4 atom stereocenters. The molecule has 2 aliphatic rings. The van der Waals surface area contributed by atoms with Crippen molar-refractivity contribution in [2.24, 2.45) is 17.8 Å². The van der Waals surface area contributed by atoms with Crippen molar-refractivity contribution in [3.63, 3.8) is 0 Å². The van der Waals surface area contributed by atoms with Crippen LogP contribution in [0.1, 0.15) is 52.9 Å². The molecule has 0 bridgehead atoms. The smallest absolute Gasteiger partial charge is 0.00930 e. The van der Waals surface area contributed by atoms with Crippen LogP contribution in [0.15, 0.2) is 0 Å². The maximum Gasteiger partial charge on any atom is 0.00930 e. The molecule has 0 radical (unpaired) electrons. The normalized spacial score (nSPS) is 35.8. The molecular formula is C16H32N2. The lowest BCUT2D eigenvalue weighted by atomic mass is 9.80. The summed E-state index contributed by atoms with van der Waals surface area (Å²) in [5.74, 6) is 2.61. The molecule has 0 amide bonds. The van der Waals surface area contributed by atoms with E-state index in [1.807, 2.05) is 0 Å². The van der Waals surface area contributed by atoms with Crippen LogP contribution in [0, 0.1) is 17.8 Å². The third-order valence-corrected chi connectivity index (χ3v) is 4.93. The highest BCUT2D eigenvalue weighted by molar-refractivity contribution is 4.82. The van der Waals surface area contributed by atoms with Crippen LogP contribution in [0.2, 0.25) is 0 Å². The fourth-order valence-electron chi connectivity index (χ4n) is 3.79. The number of hydrogen-bond acceptors (Lipinski definition) is 2. The van der Waals surface area contributed by atoms with E-state index in [9.17, 15) is 0 Å². The average Bonchev–Trinajstić information content (AvgIpc) is 2.80. The van der Waals surface area contributed by atoms with E-state index in [0.29, 0.717) is 0 Å². The number of likely N-dealkylation sites (tertiary alicyclic amines) is 1. The summed E-state index contributed by atoms with van der Waals surface area (Å²) in [7, 11) is 0. The highest BCUT2D eigenvalue weighted by atomic mass is 15.1. The molecule has 1 aliphatic heterocycles. The van der Waals surface area contributed by atoms with Gasteiger partial charge in [-0.2, -0.15) is 0 Å². The monoisotopic (exact) mass is 252 g/mol. The maximum atomic E-state index is 3.84. The van der Waals surface area contributed by atoms with Crippen molar-refractivity contribution in [3.8, 4) is 0 Å². The Bertz CT molecular complexity index is 235. The Morgan fingerprint density at radius 2 is 1.89 bits per heavy atom. The standard InChI is InChI=1S/C16H32N2/c1-13-6-7-16(15(3)10-13)17-11-14(2)12-18-8-4-5-9-18/h13-17H,4-12H2,1-3H3. The van der Waals surface area contributed by atoms with E-state index in [2.05, 4.69) is 31.0 Å². The molecule has 1 aliphatic carbocycles. The van der Waals surface area contributed by atoms with Crippen molar-refractivity contribution < 1.29 is 0 Å². The van der Waals surface area contributed by atoms with E-state index >= 15 is 0 Å². The number of rotatable bonds is 5. The van der Waals surface area contributed by atoms with Crippen molar-refractivity contribution in [3.05, 3.63) is 0 Å². The molecule has 0 aromatic rings. The van der Waals surface area contributed by atoms with E-state index < -0.39 is 0 Å². The largest absolute Gasteiger partial charge is 0.313 e. The van der Waals surface area contributed by atoms with Gasteiger partial charge in [-0.1, -0.05) is 20.8 Å². The van der Waals surface area contributed by atoms with Gasteiger partial charge < -0.3 is 10.2 Å². The number of nitrogens with one attached hydrogen (secondary N) is 1. The Morgan fingerprint density at radius 1 is 1.17 bits per heavy atom. The van der Waals surface area contributed by atoms with Gasteiger partial charge in [-0.25, -0.2) is 0 Å². The molecule has 1 heterocycles. The van der Waals surface area contributed by atoms with Crippen LogP contribution < -0.4 is 5.32 Å². The van der Waals surface area contributed by atoms with E-state index in [4.69, 9.17) is 0 Å². The summed E-state index contributed by atoms with van der Waals surface area (Å²) in [5, 5.41) is 3.84. The summed E-state index contributed by atoms with van der Waals surface area (Å²) < 4.78 is 0. The summed E-state index contributed by atoms with van der Waals surface area (Å²) in [4.78, 5) is 2.64. The Balaban J connectivity index is 1.64. The fraction of sp³-hybridized carbons (Fsp3) is 1.00. The molecular weight excluding hydrogens is 220 g/mol. The molecule has 1 saturated carbocycles. The van der Waals surface area contributed by atoms with Gasteiger partial charge in [0.05, 0.1) is 0 Å². The van der Waals surface area contributed by atoms with Crippen molar-refractivity contribution in [1.82, 2.24) is 10.2 Å². The third kappa shape index (κ3) is 4.24. The van der Waals surface area contributed by atoms with Crippen molar-refractivity contribution in [2.75, 3.05) is 26.2 Å². The van der Waals surface area contributed by atoms with Crippen LogP contribution in [0.25, 0.3) is 0 Å². The Labute approximate surface area is 114 Å². The molecule has 106 valence electrons. The van der Waals surface area contributed by atoms with E-state index in [0.717, 1.165) is 23.8 Å². The molecule has 1 N–H and O–H groups in total. The predicted molar refractivity (Wildman–Crippen MR) is 78.8 cm³/mol. The van der Waals surface area contributed by atoms with Crippen LogP contribution in [0.4, 0.5) is 0 Å². The molecule has 0 aromatic carbocycles. The lowest BCUT2D eigenvalue weighted by Crippen LogP contribution is -2.42. The first kappa shape index (κ1) is 14.3. The van der Waals surface area contributed by atoms with Gasteiger partial charge in [0, 0.05) is 12.6 Å². The SMILES string of the molecule is CC1CCC(NCC(C)CN2CCCC2)C(C)C1. The zero-order valence-electron chi connectivity index (χ0n) is 12.6. The minimum atomic E-state index is 0.780. The van der Waals surface area contributed by atoms with Crippen molar-refractivity contribution >= 4 is 0 Å². The molecule has 0 aromatic heterocycles. The average molecular weight is 252 g/mol. The van der Waals surface area contributed by atoms with Gasteiger partial charge in [0.25, 0.3) is 0 Å². The molecule has 0 spiro atoms. The molecule has 2 nitrogen and oxygen atoms in total. The van der Waals surface area contributed by atoms with E-state index in [1.54, 1.807) is 0 Å². The van der Waals surface area contributed by atoms with Gasteiger partial charge in [-0.3, -0.25) is 0 Å². The maximum absolute atomic E-state index is 3.84. The molecule has 2 heteroatoms. The predicted octanol–water partition coefficient (Wildman–Crippen LogP) is 3.13. The summed E-state index contributed by atoms with van der Waals surface area (Å²) in [6.07, 6.45) is 7.05. The van der Waals surface area contributed by atoms with Gasteiger partial charge in [-0.15, -0.1) is 0 Å². The van der Waals surface area contributed by atoms with Gasteiger partial charge >= 0.3 is 0 Å². The number of hydrogen-bond donors (Lipinski definition) is 1. The van der Waals surface area contributed by atoms with E-state index in [-0.39, 0.29) is 0 Å². The second-order valence-electron chi connectivity index (χ2n) is 7.02. The molecule has 4 unspecified atom stereocenters. The van der Waals surface area contributed by atoms with Crippen LogP contribution in [0.3, 0.4) is 0 Å². The Hall–Kier alpha value is -0.0800. The summed E-state index contributed by atoms with van der Waals surface area (Å²) in [6.45, 7) is 12.4. The van der Waals surface area contributed by atoms with Crippen molar-refractivity contribution in [2.45, 2.75) is 58.9 Å². The zero-order chi connectivity index (χ0) is 13.0. The molecule has 2 fully saturated rings. The minimum absolute atomic E-state index is 0.780. The summed E-state index contributed by atoms with van der Waals surface area (Å²) in [5.41, 5.74) is 0. The first-order valence-corrected chi connectivity index (χ1v) is 8.11. The molecule has 1 saturated heterocycles. The highest BCUT2D eigenvalue weighted by Gasteiger charge is 2.25. The third-order valence-electron chi connectivity index (χ3n) is 4.93. The van der Waals surface area contributed by atoms with Crippen LogP contribution in [-0.4, -0.2) is 37.1 Å². The first-order chi connectivity index (χ1) is 8.65. The highest BCUT2D eigenvalue weighted by Crippen LogP contribution is 2.28. The second kappa shape index (κ2) is 6.91. The quantitative estimate of drug-likeness (QED) is 0.809. The van der Waals surface area contributed by atoms with Gasteiger partial charge in [0.1, 0.15) is 0 Å². The van der Waals surface area contributed by atoms with Crippen LogP contribution in [-0.2, 0) is 0 Å². The lowest BCUT2D eigenvalue weighted by Gasteiger charge is -2.34. The second-order valence-corrected chi connectivity index (χ2v) is 7.02. The van der Waals surface area contributed by atoms with Gasteiger partial charge in [0.15, 0.2) is 0 Å². The van der Waals surface area contributed by atoms with Crippen LogP contribution in [0.5, 0.6) is 0 Å². The molecule has 2 rings (SSSR count). The van der Waals surface area contributed by atoms with Crippen LogP contribution >= 0.6 is 0 Å².